The first-order valence-corrected chi connectivity index (χ1v) is 5.40. The molecular weight excluding hydrogens is 214 g/mol. The fraction of sp³-hybridized carbons (Fsp3) is 0.231. The van der Waals surface area contributed by atoms with E-state index < -0.39 is 0 Å². The molecule has 0 bridgehead atoms. The molecule has 0 aliphatic rings. The molecule has 0 aromatic carbocycles. The number of carbonyl (C=O) groups is 1. The molecule has 2 aromatic heterocycles. The number of allylic oxidation sites excluding steroid dienone is 1. The molecule has 0 amide bonds. The van der Waals surface area contributed by atoms with Gasteiger partial charge in [-0.3, -0.25) is 4.79 Å². The van der Waals surface area contributed by atoms with Crippen molar-refractivity contribution >= 4 is 17.0 Å². The fourth-order valence-electron chi connectivity index (χ4n) is 1.70. The van der Waals surface area contributed by atoms with Crippen molar-refractivity contribution in [2.75, 3.05) is 14.1 Å². The summed E-state index contributed by atoms with van der Waals surface area (Å²) >= 11 is 0. The van der Waals surface area contributed by atoms with Crippen LogP contribution in [-0.4, -0.2) is 34.2 Å². The molecular formula is C13H15N3O. The molecule has 0 spiro atoms. The SMILES string of the molecule is CC(=O)/C(=C/N(C)C)c1ccn2ccnc2c1. The molecule has 0 aliphatic carbocycles. The second-order valence-electron chi connectivity index (χ2n) is 4.17. The summed E-state index contributed by atoms with van der Waals surface area (Å²) < 4.78 is 1.91. The number of pyridine rings is 1. The molecule has 2 aromatic rings. The van der Waals surface area contributed by atoms with Gasteiger partial charge in [-0.2, -0.15) is 0 Å². The molecule has 0 aliphatic heterocycles. The standard InChI is InChI=1S/C13H15N3O/c1-10(17)12(9-15(2)3)11-4-6-16-7-5-14-13(16)8-11/h4-9H,1-3H3/b12-9-. The van der Waals surface area contributed by atoms with Gasteiger partial charge in [0.1, 0.15) is 5.65 Å². The molecule has 0 fully saturated rings. The zero-order valence-corrected chi connectivity index (χ0v) is 10.2. The highest BCUT2D eigenvalue weighted by Gasteiger charge is 2.08. The van der Waals surface area contributed by atoms with Gasteiger partial charge in [-0.25, -0.2) is 4.98 Å². The minimum Gasteiger partial charge on any atom is -0.383 e. The van der Waals surface area contributed by atoms with E-state index in [2.05, 4.69) is 4.98 Å². The Hall–Kier alpha value is -2.10. The molecule has 4 heteroatoms. The maximum Gasteiger partial charge on any atom is 0.161 e. The Bertz CT molecular complexity index is 581. The van der Waals surface area contributed by atoms with Crippen molar-refractivity contribution in [2.24, 2.45) is 0 Å². The number of hydrogen-bond acceptors (Lipinski definition) is 3. The minimum atomic E-state index is 0.0506. The molecule has 0 unspecified atom stereocenters. The van der Waals surface area contributed by atoms with Crippen LogP contribution in [0, 0.1) is 0 Å². The average molecular weight is 229 g/mol. The number of hydrogen-bond donors (Lipinski definition) is 0. The first-order chi connectivity index (χ1) is 8.08. The van der Waals surface area contributed by atoms with E-state index in [1.54, 1.807) is 13.1 Å². The summed E-state index contributed by atoms with van der Waals surface area (Å²) in [5.74, 6) is 0.0506. The lowest BCUT2D eigenvalue weighted by Gasteiger charge is -2.10. The molecule has 0 saturated heterocycles. The van der Waals surface area contributed by atoms with Gasteiger partial charge in [0.25, 0.3) is 0 Å². The third-order valence-corrected chi connectivity index (χ3v) is 2.48. The maximum atomic E-state index is 11.6. The third-order valence-electron chi connectivity index (χ3n) is 2.48. The Morgan fingerprint density at radius 3 is 2.82 bits per heavy atom. The quantitative estimate of drug-likeness (QED) is 0.753. The second-order valence-corrected chi connectivity index (χ2v) is 4.17. The van der Waals surface area contributed by atoms with Gasteiger partial charge in [0.05, 0.1) is 0 Å². The first kappa shape index (κ1) is 11.4. The highest BCUT2D eigenvalue weighted by molar-refractivity contribution is 6.19. The predicted octanol–water partition coefficient (Wildman–Crippen LogP) is 1.83. The van der Waals surface area contributed by atoms with Gasteiger partial charge in [0.2, 0.25) is 0 Å². The topological polar surface area (TPSA) is 37.6 Å². The maximum absolute atomic E-state index is 11.6. The van der Waals surface area contributed by atoms with Crippen LogP contribution in [0.4, 0.5) is 0 Å². The fourth-order valence-corrected chi connectivity index (χ4v) is 1.70. The summed E-state index contributed by atoms with van der Waals surface area (Å²) in [5.41, 5.74) is 2.43. The van der Waals surface area contributed by atoms with E-state index in [1.165, 1.54) is 0 Å². The van der Waals surface area contributed by atoms with Crippen molar-refractivity contribution in [2.45, 2.75) is 6.92 Å². The van der Waals surface area contributed by atoms with Crippen LogP contribution in [0.1, 0.15) is 12.5 Å². The zero-order valence-electron chi connectivity index (χ0n) is 10.2. The van der Waals surface area contributed by atoms with Gasteiger partial charge in [0.15, 0.2) is 5.78 Å². The molecule has 88 valence electrons. The second kappa shape index (κ2) is 4.41. The summed E-state index contributed by atoms with van der Waals surface area (Å²) in [4.78, 5) is 17.7. The van der Waals surface area contributed by atoms with Crippen LogP contribution >= 0.6 is 0 Å². The van der Waals surface area contributed by atoms with Crippen LogP contribution in [0.25, 0.3) is 11.2 Å². The van der Waals surface area contributed by atoms with Crippen LogP contribution in [0.2, 0.25) is 0 Å². The Morgan fingerprint density at radius 1 is 1.41 bits per heavy atom. The molecule has 2 heterocycles. The van der Waals surface area contributed by atoms with Crippen molar-refractivity contribution in [1.82, 2.24) is 14.3 Å². The van der Waals surface area contributed by atoms with E-state index >= 15 is 0 Å². The lowest BCUT2D eigenvalue weighted by molar-refractivity contribution is -0.111. The van der Waals surface area contributed by atoms with Crippen LogP contribution in [0.15, 0.2) is 36.9 Å². The van der Waals surface area contributed by atoms with E-state index in [-0.39, 0.29) is 5.78 Å². The van der Waals surface area contributed by atoms with E-state index in [1.807, 2.05) is 54.1 Å². The van der Waals surface area contributed by atoms with E-state index in [4.69, 9.17) is 0 Å². The van der Waals surface area contributed by atoms with Crippen LogP contribution in [0.5, 0.6) is 0 Å². The predicted molar refractivity (Wildman–Crippen MR) is 67.5 cm³/mol. The highest BCUT2D eigenvalue weighted by atomic mass is 16.1. The number of rotatable bonds is 3. The monoisotopic (exact) mass is 229 g/mol. The van der Waals surface area contributed by atoms with Gasteiger partial charge in [-0.1, -0.05) is 0 Å². The van der Waals surface area contributed by atoms with Crippen LogP contribution in [0.3, 0.4) is 0 Å². The number of aromatic nitrogens is 2. The van der Waals surface area contributed by atoms with Crippen LogP contribution < -0.4 is 0 Å². The van der Waals surface area contributed by atoms with Crippen molar-refractivity contribution in [3.8, 4) is 0 Å². The minimum absolute atomic E-state index is 0.0506. The van der Waals surface area contributed by atoms with Crippen molar-refractivity contribution in [1.29, 1.82) is 0 Å². The average Bonchev–Trinajstić information content (AvgIpc) is 2.72. The lowest BCUT2D eigenvalue weighted by Crippen LogP contribution is -2.06. The normalized spacial score (nSPS) is 11.8. The smallest absolute Gasteiger partial charge is 0.161 e. The largest absolute Gasteiger partial charge is 0.383 e. The van der Waals surface area contributed by atoms with E-state index in [0.717, 1.165) is 11.2 Å². The molecule has 0 N–H and O–H groups in total. The molecule has 17 heavy (non-hydrogen) atoms. The Morgan fingerprint density at radius 2 is 2.18 bits per heavy atom. The molecule has 4 nitrogen and oxygen atoms in total. The van der Waals surface area contributed by atoms with Crippen molar-refractivity contribution < 1.29 is 4.79 Å². The molecule has 0 atom stereocenters. The summed E-state index contributed by atoms with van der Waals surface area (Å²) in [6.45, 7) is 1.57. The van der Waals surface area contributed by atoms with E-state index in [9.17, 15) is 4.79 Å². The molecule has 0 saturated carbocycles. The van der Waals surface area contributed by atoms with Gasteiger partial charge >= 0.3 is 0 Å². The number of fused-ring (bicyclic) bond motifs is 1. The summed E-state index contributed by atoms with van der Waals surface area (Å²) in [6, 6.07) is 3.84. The lowest BCUT2D eigenvalue weighted by atomic mass is 10.1. The number of ketones is 1. The van der Waals surface area contributed by atoms with Crippen molar-refractivity contribution in [3.05, 3.63) is 42.5 Å². The van der Waals surface area contributed by atoms with Gasteiger partial charge in [-0.05, 0) is 24.6 Å². The Labute approximate surface area is 100 Å². The Balaban J connectivity index is 2.52. The number of Topliss-reactive ketones (excluding diaryl/α,β-unsaturated/α-hetero) is 1. The number of carbonyl (C=O) groups excluding carboxylic acids is 1. The number of nitrogens with zero attached hydrogens (tertiary/aromatic N) is 3. The number of imidazole rings is 1. The third kappa shape index (κ3) is 2.36. The summed E-state index contributed by atoms with van der Waals surface area (Å²) in [7, 11) is 3.80. The zero-order chi connectivity index (χ0) is 12.4. The first-order valence-electron chi connectivity index (χ1n) is 5.40. The molecule has 0 radical (unpaired) electrons. The van der Waals surface area contributed by atoms with Gasteiger partial charge in [0, 0.05) is 44.5 Å². The Kier molecular flexibility index (Phi) is 2.95. The van der Waals surface area contributed by atoms with Crippen molar-refractivity contribution in [3.63, 3.8) is 0 Å². The van der Waals surface area contributed by atoms with Gasteiger partial charge < -0.3 is 9.30 Å². The highest BCUT2D eigenvalue weighted by Crippen LogP contribution is 2.17. The molecule has 2 rings (SSSR count). The van der Waals surface area contributed by atoms with Gasteiger partial charge in [-0.15, -0.1) is 0 Å². The van der Waals surface area contributed by atoms with E-state index in [0.29, 0.717) is 5.57 Å². The summed E-state index contributed by atoms with van der Waals surface area (Å²) in [6.07, 6.45) is 7.35. The summed E-state index contributed by atoms with van der Waals surface area (Å²) in [5, 5.41) is 0. The van der Waals surface area contributed by atoms with Crippen LogP contribution in [-0.2, 0) is 4.79 Å².